The maximum atomic E-state index is 14.1. The Morgan fingerprint density at radius 1 is 1.20 bits per heavy atom. The van der Waals surface area contributed by atoms with Crippen molar-refractivity contribution in [2.75, 3.05) is 27.2 Å². The van der Waals surface area contributed by atoms with Crippen LogP contribution in [0.15, 0.2) is 53.5 Å². The summed E-state index contributed by atoms with van der Waals surface area (Å²) >= 11 is 7.66. The smallest absolute Gasteiger partial charge is 0.284 e. The SMILES string of the molecule is CN(C)C(=O)c1cccc(C2(c3cccc(I)c3)NC(=S)N3CC(F)(F)CN=C32)c1. The van der Waals surface area contributed by atoms with E-state index in [2.05, 4.69) is 32.9 Å². The van der Waals surface area contributed by atoms with Crippen LogP contribution in [0.3, 0.4) is 0 Å². The van der Waals surface area contributed by atoms with Gasteiger partial charge < -0.3 is 10.2 Å². The van der Waals surface area contributed by atoms with E-state index in [1.165, 1.54) is 9.80 Å². The van der Waals surface area contributed by atoms with Crippen LogP contribution in [-0.4, -0.2) is 59.8 Å². The van der Waals surface area contributed by atoms with E-state index in [0.717, 1.165) is 9.13 Å². The standard InChI is InChI=1S/C21H19F2IN4OS/c1-27(2)17(29)13-5-3-6-14(9-13)21(15-7-4-8-16(24)10-15)18-25-11-20(22,23)12-28(18)19(30)26-21/h3-10H,11-12H2,1-2H3,(H,26,30). The zero-order valence-corrected chi connectivity index (χ0v) is 19.3. The number of nitrogens with one attached hydrogen (secondary N) is 1. The molecule has 2 aromatic rings. The highest BCUT2D eigenvalue weighted by Gasteiger charge is 2.54. The fourth-order valence-corrected chi connectivity index (χ4v) is 4.69. The zero-order chi connectivity index (χ0) is 21.7. The van der Waals surface area contributed by atoms with Gasteiger partial charge in [0.1, 0.15) is 17.9 Å². The number of hydrogen-bond donors (Lipinski definition) is 1. The second-order valence-corrected chi connectivity index (χ2v) is 9.19. The van der Waals surface area contributed by atoms with Gasteiger partial charge in [0.2, 0.25) is 0 Å². The van der Waals surface area contributed by atoms with Crippen LogP contribution in [0.2, 0.25) is 0 Å². The molecule has 1 saturated heterocycles. The van der Waals surface area contributed by atoms with Crippen LogP contribution < -0.4 is 5.32 Å². The average Bonchev–Trinajstić information content (AvgIpc) is 2.99. The Labute approximate surface area is 192 Å². The third-order valence-corrected chi connectivity index (χ3v) is 6.18. The number of fused-ring (bicyclic) bond motifs is 1. The normalized spacial score (nSPS) is 22.2. The van der Waals surface area contributed by atoms with Crippen LogP contribution in [0.5, 0.6) is 0 Å². The summed E-state index contributed by atoms with van der Waals surface area (Å²) in [5, 5.41) is 3.46. The molecule has 2 aliphatic heterocycles. The van der Waals surface area contributed by atoms with Gasteiger partial charge in [0.05, 0.1) is 6.54 Å². The molecule has 1 unspecified atom stereocenters. The molecule has 156 valence electrons. The number of aliphatic imine (C=N–C) groups is 1. The Morgan fingerprint density at radius 2 is 1.87 bits per heavy atom. The topological polar surface area (TPSA) is 47.9 Å². The molecule has 0 radical (unpaired) electrons. The van der Waals surface area contributed by atoms with Crippen molar-refractivity contribution in [2.45, 2.75) is 11.5 Å². The first-order chi connectivity index (χ1) is 14.1. The highest BCUT2D eigenvalue weighted by atomic mass is 127. The summed E-state index contributed by atoms with van der Waals surface area (Å²) in [7, 11) is 3.37. The van der Waals surface area contributed by atoms with E-state index in [0.29, 0.717) is 17.0 Å². The maximum absolute atomic E-state index is 14.1. The molecule has 0 aromatic heterocycles. The van der Waals surface area contributed by atoms with Crippen LogP contribution in [0.25, 0.3) is 0 Å². The number of amides is 1. The lowest BCUT2D eigenvalue weighted by Crippen LogP contribution is -2.50. The van der Waals surface area contributed by atoms with Crippen molar-refractivity contribution in [1.29, 1.82) is 0 Å². The van der Waals surface area contributed by atoms with Gasteiger partial charge in [0, 0.05) is 23.2 Å². The molecule has 2 aliphatic rings. The first-order valence-corrected chi connectivity index (χ1v) is 10.7. The van der Waals surface area contributed by atoms with Crippen LogP contribution in [-0.2, 0) is 5.54 Å². The molecule has 30 heavy (non-hydrogen) atoms. The minimum absolute atomic E-state index is 0.149. The molecule has 2 aromatic carbocycles. The molecule has 0 spiro atoms. The van der Waals surface area contributed by atoms with Gasteiger partial charge in [-0.2, -0.15) is 0 Å². The predicted molar refractivity (Wildman–Crippen MR) is 124 cm³/mol. The minimum Gasteiger partial charge on any atom is -0.345 e. The molecule has 1 atom stereocenters. The van der Waals surface area contributed by atoms with Crippen molar-refractivity contribution in [2.24, 2.45) is 4.99 Å². The lowest BCUT2D eigenvalue weighted by atomic mass is 9.81. The van der Waals surface area contributed by atoms with E-state index in [1.54, 1.807) is 32.3 Å². The van der Waals surface area contributed by atoms with Gasteiger partial charge in [0.25, 0.3) is 11.8 Å². The Balaban J connectivity index is 1.96. The number of rotatable bonds is 3. The summed E-state index contributed by atoms with van der Waals surface area (Å²) in [6.45, 7) is -1.13. The molecular formula is C21H19F2IN4OS. The third kappa shape index (κ3) is 3.47. The summed E-state index contributed by atoms with van der Waals surface area (Å²) in [6, 6.07) is 14.9. The van der Waals surface area contributed by atoms with Crippen molar-refractivity contribution in [3.8, 4) is 0 Å². The highest BCUT2D eigenvalue weighted by Crippen LogP contribution is 2.40. The Kier molecular flexibility index (Phi) is 5.29. The summed E-state index contributed by atoms with van der Waals surface area (Å²) in [5.74, 6) is -2.68. The molecule has 1 fully saturated rings. The van der Waals surface area contributed by atoms with Crippen molar-refractivity contribution >= 4 is 51.7 Å². The fraction of sp³-hybridized carbons (Fsp3) is 0.286. The zero-order valence-electron chi connectivity index (χ0n) is 16.3. The molecule has 5 nitrogen and oxygen atoms in total. The second kappa shape index (κ2) is 7.52. The number of carbonyl (C=O) groups is 1. The predicted octanol–water partition coefficient (Wildman–Crippen LogP) is 3.47. The van der Waals surface area contributed by atoms with Gasteiger partial charge in [-0.15, -0.1) is 0 Å². The van der Waals surface area contributed by atoms with E-state index in [4.69, 9.17) is 12.2 Å². The molecule has 4 rings (SSSR count). The molecular weight excluding hydrogens is 521 g/mol. The third-order valence-electron chi connectivity index (χ3n) is 5.19. The molecule has 2 heterocycles. The van der Waals surface area contributed by atoms with E-state index < -0.39 is 24.6 Å². The number of amidine groups is 1. The highest BCUT2D eigenvalue weighted by molar-refractivity contribution is 14.1. The van der Waals surface area contributed by atoms with Crippen molar-refractivity contribution in [1.82, 2.24) is 15.1 Å². The van der Waals surface area contributed by atoms with E-state index in [9.17, 15) is 13.6 Å². The maximum Gasteiger partial charge on any atom is 0.284 e. The number of halogens is 3. The van der Waals surface area contributed by atoms with Crippen LogP contribution in [0.4, 0.5) is 8.78 Å². The van der Waals surface area contributed by atoms with Crippen LogP contribution in [0.1, 0.15) is 21.5 Å². The average molecular weight is 540 g/mol. The molecule has 1 amide bonds. The van der Waals surface area contributed by atoms with Crippen LogP contribution in [0, 0.1) is 3.57 Å². The van der Waals surface area contributed by atoms with Crippen molar-refractivity contribution in [3.05, 3.63) is 68.8 Å². The van der Waals surface area contributed by atoms with Gasteiger partial charge in [-0.25, -0.2) is 8.78 Å². The summed E-state index contributed by atoms with van der Waals surface area (Å²) in [6.07, 6.45) is 0. The van der Waals surface area contributed by atoms with E-state index in [1.807, 2.05) is 30.3 Å². The summed E-state index contributed by atoms with van der Waals surface area (Å²) < 4.78 is 29.2. The molecule has 0 saturated carbocycles. The number of hydrogen-bond acceptors (Lipinski definition) is 3. The van der Waals surface area contributed by atoms with Gasteiger partial charge in [-0.3, -0.25) is 14.7 Å². The van der Waals surface area contributed by atoms with Gasteiger partial charge in [0.15, 0.2) is 5.11 Å². The van der Waals surface area contributed by atoms with Gasteiger partial charge >= 0.3 is 0 Å². The van der Waals surface area contributed by atoms with Crippen molar-refractivity contribution in [3.63, 3.8) is 0 Å². The fourth-order valence-electron chi connectivity index (χ4n) is 3.84. The van der Waals surface area contributed by atoms with E-state index in [-0.39, 0.29) is 11.0 Å². The first-order valence-electron chi connectivity index (χ1n) is 9.25. The van der Waals surface area contributed by atoms with Crippen molar-refractivity contribution < 1.29 is 13.6 Å². The number of alkyl halides is 2. The number of carbonyl (C=O) groups excluding carboxylic acids is 1. The Bertz CT molecular complexity index is 1070. The minimum atomic E-state index is -2.96. The monoisotopic (exact) mass is 540 g/mol. The second-order valence-electron chi connectivity index (χ2n) is 7.55. The summed E-state index contributed by atoms with van der Waals surface area (Å²) in [4.78, 5) is 19.7. The molecule has 9 heteroatoms. The van der Waals surface area contributed by atoms with E-state index >= 15 is 0 Å². The Morgan fingerprint density at radius 3 is 2.53 bits per heavy atom. The Hall–Kier alpha value is -2.14. The van der Waals surface area contributed by atoms with Crippen LogP contribution >= 0.6 is 34.8 Å². The molecule has 0 bridgehead atoms. The van der Waals surface area contributed by atoms with Gasteiger partial charge in [-0.1, -0.05) is 24.3 Å². The van der Waals surface area contributed by atoms with Gasteiger partial charge in [-0.05, 0) is 70.2 Å². The number of thiocarbonyl (C=S) groups is 1. The largest absolute Gasteiger partial charge is 0.345 e. The number of benzene rings is 2. The molecule has 1 N–H and O–H groups in total. The number of nitrogens with zero attached hydrogens (tertiary/aromatic N) is 3. The lowest BCUT2D eigenvalue weighted by molar-refractivity contribution is -0.00368. The molecule has 0 aliphatic carbocycles. The lowest BCUT2D eigenvalue weighted by Gasteiger charge is -2.35. The quantitative estimate of drug-likeness (QED) is 0.479. The first kappa shape index (κ1) is 21.1. The summed E-state index contributed by atoms with van der Waals surface area (Å²) in [5.41, 5.74) is 0.969.